The Morgan fingerprint density at radius 3 is 2.34 bits per heavy atom. The highest BCUT2D eigenvalue weighted by Crippen LogP contribution is 2.32. The summed E-state index contributed by atoms with van der Waals surface area (Å²) in [5, 5.41) is 0. The maximum atomic E-state index is 12.8. The minimum atomic E-state index is -4.29. The summed E-state index contributed by atoms with van der Waals surface area (Å²) in [7, 11) is 0. The minimum absolute atomic E-state index is 0.514. The van der Waals surface area contributed by atoms with Crippen molar-refractivity contribution in [1.82, 2.24) is 9.47 Å². The molecule has 152 valence electrons. The molecule has 0 unspecified atom stereocenters. The third kappa shape index (κ3) is 5.10. The molecule has 1 heterocycles. The van der Waals surface area contributed by atoms with Gasteiger partial charge < -0.3 is 4.57 Å². The van der Waals surface area contributed by atoms with Gasteiger partial charge in [0.2, 0.25) is 0 Å². The van der Waals surface area contributed by atoms with E-state index in [2.05, 4.69) is 59.0 Å². The number of hydrogen-bond donors (Lipinski definition) is 0. The molecule has 3 aromatic rings. The zero-order valence-corrected chi connectivity index (χ0v) is 16.5. The first kappa shape index (κ1) is 19.8. The van der Waals surface area contributed by atoms with E-state index < -0.39 is 11.7 Å². The van der Waals surface area contributed by atoms with Crippen molar-refractivity contribution >= 4 is 0 Å². The number of halogens is 3. The van der Waals surface area contributed by atoms with Crippen LogP contribution in [0.4, 0.5) is 13.2 Å². The lowest BCUT2D eigenvalue weighted by Crippen LogP contribution is -2.26. The third-order valence-corrected chi connectivity index (χ3v) is 5.45. The lowest BCUT2D eigenvalue weighted by atomic mass is 10.1. The molecule has 1 aliphatic carbocycles. The van der Waals surface area contributed by atoms with E-state index in [1.165, 1.54) is 29.0 Å². The van der Waals surface area contributed by atoms with Crippen LogP contribution in [0.3, 0.4) is 0 Å². The molecule has 29 heavy (non-hydrogen) atoms. The predicted octanol–water partition coefficient (Wildman–Crippen LogP) is 6.03. The lowest BCUT2D eigenvalue weighted by molar-refractivity contribution is -0.137. The van der Waals surface area contributed by atoms with Gasteiger partial charge >= 0.3 is 6.18 Å². The largest absolute Gasteiger partial charge is 0.416 e. The van der Waals surface area contributed by atoms with E-state index in [4.69, 9.17) is 0 Å². The van der Waals surface area contributed by atoms with Crippen molar-refractivity contribution in [3.05, 3.63) is 94.8 Å². The molecule has 4 rings (SSSR count). The number of benzene rings is 2. The number of hydrogen-bond acceptors (Lipinski definition) is 1. The summed E-state index contributed by atoms with van der Waals surface area (Å²) in [5.74, 6) is 0. The third-order valence-electron chi connectivity index (χ3n) is 5.45. The van der Waals surface area contributed by atoms with Crippen LogP contribution in [0, 0.1) is 6.92 Å². The summed E-state index contributed by atoms with van der Waals surface area (Å²) >= 11 is 0. The Hall–Kier alpha value is -2.53. The second-order valence-electron chi connectivity index (χ2n) is 7.95. The number of alkyl halides is 3. The van der Waals surface area contributed by atoms with Gasteiger partial charge in [-0.05, 0) is 55.2 Å². The topological polar surface area (TPSA) is 8.17 Å². The summed E-state index contributed by atoms with van der Waals surface area (Å²) in [6.07, 6.45) is 0.116. The van der Waals surface area contributed by atoms with Crippen LogP contribution in [0.1, 0.15) is 40.8 Å². The van der Waals surface area contributed by atoms with Crippen LogP contribution in [0.2, 0.25) is 0 Å². The van der Waals surface area contributed by atoms with Crippen LogP contribution in [-0.4, -0.2) is 15.5 Å². The molecule has 1 fully saturated rings. The van der Waals surface area contributed by atoms with E-state index in [0.29, 0.717) is 12.6 Å². The monoisotopic (exact) mass is 398 g/mol. The molecule has 0 aliphatic heterocycles. The number of rotatable bonds is 7. The van der Waals surface area contributed by atoms with Crippen LogP contribution in [0.25, 0.3) is 0 Å². The quantitative estimate of drug-likeness (QED) is 0.472. The van der Waals surface area contributed by atoms with Gasteiger partial charge in [0.15, 0.2) is 0 Å². The summed E-state index contributed by atoms with van der Waals surface area (Å²) in [4.78, 5) is 2.38. The Morgan fingerprint density at radius 1 is 0.931 bits per heavy atom. The molecule has 5 heteroatoms. The smallest absolute Gasteiger partial charge is 0.346 e. The Kier molecular flexibility index (Phi) is 5.50. The molecule has 2 aromatic carbocycles. The van der Waals surface area contributed by atoms with Gasteiger partial charge in [-0.3, -0.25) is 4.90 Å². The fraction of sp³-hybridized carbons (Fsp3) is 0.333. The SMILES string of the molecule is Cc1cccc(Cn2cccc2CN(Cc2ccc(C(F)(F)F)cc2)C2CC2)c1. The van der Waals surface area contributed by atoms with E-state index in [1.807, 2.05) is 0 Å². The molecule has 2 nitrogen and oxygen atoms in total. The first-order valence-electron chi connectivity index (χ1n) is 9.98. The molecule has 1 aromatic heterocycles. The van der Waals surface area contributed by atoms with Crippen LogP contribution in [0.5, 0.6) is 0 Å². The van der Waals surface area contributed by atoms with Crippen molar-refractivity contribution in [2.75, 3.05) is 0 Å². The fourth-order valence-electron chi connectivity index (χ4n) is 3.75. The van der Waals surface area contributed by atoms with E-state index in [1.54, 1.807) is 12.1 Å². The first-order valence-corrected chi connectivity index (χ1v) is 9.98. The van der Waals surface area contributed by atoms with Gasteiger partial charge in [0.05, 0.1) is 5.56 Å². The summed E-state index contributed by atoms with van der Waals surface area (Å²) < 4.78 is 40.7. The van der Waals surface area contributed by atoms with Crippen molar-refractivity contribution in [3.63, 3.8) is 0 Å². The van der Waals surface area contributed by atoms with Gasteiger partial charge in [0.25, 0.3) is 0 Å². The number of aromatic nitrogens is 1. The standard InChI is InChI=1S/C24H25F3N2/c1-18-4-2-5-20(14-18)16-28-13-3-6-23(28)17-29(22-11-12-22)15-19-7-9-21(10-8-19)24(25,26)27/h2-10,13-14,22H,11-12,15-17H2,1H3. The lowest BCUT2D eigenvalue weighted by Gasteiger charge is -2.23. The van der Waals surface area contributed by atoms with Crippen molar-refractivity contribution in [2.24, 2.45) is 0 Å². The minimum Gasteiger partial charge on any atom is -0.346 e. The second kappa shape index (κ2) is 8.07. The molecule has 1 aliphatic rings. The molecule has 0 radical (unpaired) electrons. The van der Waals surface area contributed by atoms with Crippen LogP contribution in [0.15, 0.2) is 66.9 Å². The highest BCUT2D eigenvalue weighted by atomic mass is 19.4. The van der Waals surface area contributed by atoms with Crippen LogP contribution < -0.4 is 0 Å². The maximum Gasteiger partial charge on any atom is 0.416 e. The Bertz CT molecular complexity index is 953. The predicted molar refractivity (Wildman–Crippen MR) is 108 cm³/mol. The summed E-state index contributed by atoms with van der Waals surface area (Å²) in [6.45, 7) is 4.38. The van der Waals surface area contributed by atoms with E-state index in [0.717, 1.165) is 31.5 Å². The Morgan fingerprint density at radius 2 is 1.69 bits per heavy atom. The molecule has 0 atom stereocenters. The number of nitrogens with zero attached hydrogens (tertiary/aromatic N) is 2. The van der Waals surface area contributed by atoms with E-state index >= 15 is 0 Å². The van der Waals surface area contributed by atoms with Crippen molar-refractivity contribution < 1.29 is 13.2 Å². The summed E-state index contributed by atoms with van der Waals surface area (Å²) in [6, 6.07) is 18.8. The summed E-state index contributed by atoms with van der Waals surface area (Å²) in [5.41, 5.74) is 4.07. The highest BCUT2D eigenvalue weighted by molar-refractivity contribution is 5.25. The van der Waals surface area contributed by atoms with E-state index in [9.17, 15) is 13.2 Å². The molecule has 0 saturated heterocycles. The molecule has 0 amide bonds. The van der Waals surface area contributed by atoms with Crippen molar-refractivity contribution in [1.29, 1.82) is 0 Å². The molecular weight excluding hydrogens is 373 g/mol. The Balaban J connectivity index is 1.46. The molecule has 0 spiro atoms. The van der Waals surface area contributed by atoms with Gasteiger partial charge in [0.1, 0.15) is 0 Å². The first-order chi connectivity index (χ1) is 13.9. The Labute approximate surface area is 169 Å². The van der Waals surface area contributed by atoms with Crippen LogP contribution >= 0.6 is 0 Å². The number of aryl methyl sites for hydroxylation is 1. The second-order valence-corrected chi connectivity index (χ2v) is 7.95. The fourth-order valence-corrected chi connectivity index (χ4v) is 3.75. The van der Waals surface area contributed by atoms with Crippen molar-refractivity contribution in [3.8, 4) is 0 Å². The zero-order valence-electron chi connectivity index (χ0n) is 16.5. The van der Waals surface area contributed by atoms with Gasteiger partial charge in [0, 0.05) is 37.6 Å². The molecular formula is C24H25F3N2. The average molecular weight is 398 g/mol. The van der Waals surface area contributed by atoms with Gasteiger partial charge in [-0.1, -0.05) is 42.0 Å². The normalized spacial score (nSPS) is 14.5. The molecule has 0 N–H and O–H groups in total. The molecule has 0 bridgehead atoms. The van der Waals surface area contributed by atoms with Crippen LogP contribution in [-0.2, 0) is 25.8 Å². The zero-order chi connectivity index (χ0) is 20.4. The van der Waals surface area contributed by atoms with Crippen molar-refractivity contribution in [2.45, 2.75) is 51.6 Å². The van der Waals surface area contributed by atoms with E-state index in [-0.39, 0.29) is 0 Å². The highest BCUT2D eigenvalue weighted by Gasteiger charge is 2.31. The van der Waals surface area contributed by atoms with Gasteiger partial charge in [-0.15, -0.1) is 0 Å². The van der Waals surface area contributed by atoms with Gasteiger partial charge in [-0.25, -0.2) is 0 Å². The average Bonchev–Trinajstić information content (AvgIpc) is 3.43. The maximum absolute atomic E-state index is 12.8. The van der Waals surface area contributed by atoms with Gasteiger partial charge in [-0.2, -0.15) is 13.2 Å². The molecule has 1 saturated carbocycles.